The number of nitro benzene ring substituents is 1. The molecule has 5 heteroatoms. The van der Waals surface area contributed by atoms with Gasteiger partial charge in [-0.3, -0.25) is 15.1 Å². The number of aromatic nitrogens is 1. The van der Waals surface area contributed by atoms with Crippen LogP contribution in [-0.2, 0) is 6.54 Å². The van der Waals surface area contributed by atoms with Gasteiger partial charge in [0.25, 0.3) is 5.69 Å². The van der Waals surface area contributed by atoms with Crippen LogP contribution in [-0.4, -0.2) is 9.91 Å². The van der Waals surface area contributed by atoms with Gasteiger partial charge in [-0.25, -0.2) is 0 Å². The number of nitrogens with one attached hydrogen (secondary N) is 1. The molecular formula is C16H13N3O2. The highest BCUT2D eigenvalue weighted by Crippen LogP contribution is 2.25. The highest BCUT2D eigenvalue weighted by atomic mass is 16.6. The minimum absolute atomic E-state index is 0.0747. The lowest BCUT2D eigenvalue weighted by atomic mass is 10.1. The first-order valence-electron chi connectivity index (χ1n) is 6.54. The third kappa shape index (κ3) is 2.67. The molecule has 0 spiro atoms. The van der Waals surface area contributed by atoms with E-state index in [2.05, 4.69) is 10.3 Å². The van der Waals surface area contributed by atoms with Gasteiger partial charge in [0.15, 0.2) is 0 Å². The van der Waals surface area contributed by atoms with Crippen molar-refractivity contribution in [3.8, 4) is 0 Å². The van der Waals surface area contributed by atoms with Gasteiger partial charge in [-0.15, -0.1) is 0 Å². The van der Waals surface area contributed by atoms with E-state index in [-0.39, 0.29) is 10.6 Å². The van der Waals surface area contributed by atoms with Crippen LogP contribution >= 0.6 is 0 Å². The van der Waals surface area contributed by atoms with Gasteiger partial charge >= 0.3 is 0 Å². The Morgan fingerprint density at radius 1 is 1.05 bits per heavy atom. The molecule has 0 unspecified atom stereocenters. The van der Waals surface area contributed by atoms with Gasteiger partial charge in [-0.2, -0.15) is 0 Å². The smallest absolute Gasteiger partial charge is 0.292 e. The number of benzene rings is 2. The van der Waals surface area contributed by atoms with E-state index in [0.717, 1.165) is 16.3 Å². The zero-order chi connectivity index (χ0) is 14.7. The van der Waals surface area contributed by atoms with Gasteiger partial charge in [0.2, 0.25) is 0 Å². The van der Waals surface area contributed by atoms with E-state index in [1.807, 2.05) is 30.5 Å². The monoisotopic (exact) mass is 279 g/mol. The minimum atomic E-state index is -0.385. The average Bonchev–Trinajstić information content (AvgIpc) is 2.53. The molecular weight excluding hydrogens is 266 g/mol. The summed E-state index contributed by atoms with van der Waals surface area (Å²) in [7, 11) is 0. The van der Waals surface area contributed by atoms with Crippen molar-refractivity contribution in [1.82, 2.24) is 4.98 Å². The first-order chi connectivity index (χ1) is 10.3. The lowest BCUT2D eigenvalue weighted by Crippen LogP contribution is -2.03. The van der Waals surface area contributed by atoms with Crippen molar-refractivity contribution in [3.05, 3.63) is 76.6 Å². The minimum Gasteiger partial charge on any atom is -0.375 e. The SMILES string of the molecule is O=[N+]([O-])c1ccccc1NCc1cncc2ccccc12. The Hall–Kier alpha value is -2.95. The van der Waals surface area contributed by atoms with Gasteiger partial charge in [0.05, 0.1) is 4.92 Å². The van der Waals surface area contributed by atoms with Gasteiger partial charge in [-0.05, 0) is 17.0 Å². The maximum atomic E-state index is 11.0. The van der Waals surface area contributed by atoms with Crippen molar-refractivity contribution < 1.29 is 4.92 Å². The number of nitro groups is 1. The Bertz CT molecular complexity index is 797. The van der Waals surface area contributed by atoms with Crippen LogP contribution in [0.3, 0.4) is 0 Å². The fraction of sp³-hybridized carbons (Fsp3) is 0.0625. The number of hydrogen-bond donors (Lipinski definition) is 1. The molecule has 0 atom stereocenters. The number of para-hydroxylation sites is 2. The third-order valence-electron chi connectivity index (χ3n) is 3.32. The summed E-state index contributed by atoms with van der Waals surface area (Å²) < 4.78 is 0. The molecule has 0 bridgehead atoms. The fourth-order valence-electron chi connectivity index (χ4n) is 2.29. The van der Waals surface area contributed by atoms with Crippen LogP contribution in [0.2, 0.25) is 0 Å². The van der Waals surface area contributed by atoms with E-state index in [1.165, 1.54) is 6.07 Å². The molecule has 2 aromatic carbocycles. The standard InChI is InChI=1S/C16H13N3O2/c20-19(21)16-8-4-3-7-15(16)18-11-13-10-17-9-12-5-1-2-6-14(12)13/h1-10,18H,11H2. The molecule has 0 radical (unpaired) electrons. The van der Waals surface area contributed by atoms with Crippen LogP contribution < -0.4 is 5.32 Å². The second-order valence-electron chi connectivity index (χ2n) is 4.65. The molecule has 0 aliphatic carbocycles. The largest absolute Gasteiger partial charge is 0.375 e. The van der Waals surface area contributed by atoms with Gasteiger partial charge in [0, 0.05) is 30.4 Å². The van der Waals surface area contributed by atoms with Crippen LogP contribution in [0.5, 0.6) is 0 Å². The summed E-state index contributed by atoms with van der Waals surface area (Å²) in [6, 6.07) is 14.6. The van der Waals surface area contributed by atoms with Gasteiger partial charge in [-0.1, -0.05) is 36.4 Å². The van der Waals surface area contributed by atoms with Crippen LogP contribution in [0.25, 0.3) is 10.8 Å². The summed E-state index contributed by atoms with van der Waals surface area (Å²) in [6.45, 7) is 0.485. The van der Waals surface area contributed by atoms with Crippen molar-refractivity contribution in [1.29, 1.82) is 0 Å². The van der Waals surface area contributed by atoms with Crippen LogP contribution in [0, 0.1) is 10.1 Å². The summed E-state index contributed by atoms with van der Waals surface area (Å²) in [6.07, 6.45) is 3.59. The first-order valence-corrected chi connectivity index (χ1v) is 6.54. The molecule has 0 aliphatic heterocycles. The highest BCUT2D eigenvalue weighted by molar-refractivity contribution is 5.84. The molecule has 0 saturated carbocycles. The Morgan fingerprint density at radius 3 is 2.67 bits per heavy atom. The first kappa shape index (κ1) is 13.1. The van der Waals surface area contributed by atoms with Crippen molar-refractivity contribution in [2.24, 2.45) is 0 Å². The van der Waals surface area contributed by atoms with Crippen LogP contribution in [0.1, 0.15) is 5.56 Å². The molecule has 5 nitrogen and oxygen atoms in total. The van der Waals surface area contributed by atoms with E-state index in [4.69, 9.17) is 0 Å². The maximum absolute atomic E-state index is 11.0. The zero-order valence-electron chi connectivity index (χ0n) is 11.2. The summed E-state index contributed by atoms with van der Waals surface area (Å²) >= 11 is 0. The lowest BCUT2D eigenvalue weighted by Gasteiger charge is -2.09. The van der Waals surface area contributed by atoms with E-state index in [0.29, 0.717) is 12.2 Å². The molecule has 0 fully saturated rings. The highest BCUT2D eigenvalue weighted by Gasteiger charge is 2.12. The molecule has 104 valence electrons. The lowest BCUT2D eigenvalue weighted by molar-refractivity contribution is -0.384. The number of nitrogens with zero attached hydrogens (tertiary/aromatic N) is 2. The number of fused-ring (bicyclic) bond motifs is 1. The number of rotatable bonds is 4. The molecule has 0 aliphatic rings. The molecule has 3 aromatic rings. The summed E-state index contributed by atoms with van der Waals surface area (Å²) in [5.74, 6) is 0. The fourth-order valence-corrected chi connectivity index (χ4v) is 2.29. The number of anilines is 1. The Balaban J connectivity index is 1.89. The second-order valence-corrected chi connectivity index (χ2v) is 4.65. The van der Waals surface area contributed by atoms with E-state index >= 15 is 0 Å². The summed E-state index contributed by atoms with van der Waals surface area (Å²) in [5.41, 5.74) is 1.59. The van der Waals surface area contributed by atoms with Crippen molar-refractivity contribution in [2.45, 2.75) is 6.54 Å². The van der Waals surface area contributed by atoms with Crippen molar-refractivity contribution >= 4 is 22.1 Å². The maximum Gasteiger partial charge on any atom is 0.292 e. The van der Waals surface area contributed by atoms with Crippen molar-refractivity contribution in [3.63, 3.8) is 0 Å². The normalized spacial score (nSPS) is 10.5. The quantitative estimate of drug-likeness (QED) is 0.583. The van der Waals surface area contributed by atoms with Gasteiger partial charge in [0.1, 0.15) is 5.69 Å². The number of pyridine rings is 1. The predicted octanol–water partition coefficient (Wildman–Crippen LogP) is 3.76. The summed E-state index contributed by atoms with van der Waals surface area (Å²) in [5, 5.41) is 16.3. The molecule has 0 amide bonds. The molecule has 1 aromatic heterocycles. The van der Waals surface area contributed by atoms with Crippen LogP contribution in [0.4, 0.5) is 11.4 Å². The molecule has 1 N–H and O–H groups in total. The molecule has 21 heavy (non-hydrogen) atoms. The Kier molecular flexibility index (Phi) is 3.47. The second kappa shape index (κ2) is 5.58. The Labute approximate surface area is 121 Å². The zero-order valence-corrected chi connectivity index (χ0v) is 11.2. The third-order valence-corrected chi connectivity index (χ3v) is 3.32. The van der Waals surface area contributed by atoms with E-state index in [1.54, 1.807) is 24.4 Å². The number of hydrogen-bond acceptors (Lipinski definition) is 4. The Morgan fingerprint density at radius 2 is 1.81 bits per heavy atom. The summed E-state index contributed by atoms with van der Waals surface area (Å²) in [4.78, 5) is 14.8. The van der Waals surface area contributed by atoms with Crippen molar-refractivity contribution in [2.75, 3.05) is 5.32 Å². The predicted molar refractivity (Wildman–Crippen MR) is 82.2 cm³/mol. The molecule has 3 rings (SSSR count). The van der Waals surface area contributed by atoms with E-state index < -0.39 is 0 Å². The average molecular weight is 279 g/mol. The van der Waals surface area contributed by atoms with E-state index in [9.17, 15) is 10.1 Å². The van der Waals surface area contributed by atoms with Gasteiger partial charge < -0.3 is 5.32 Å². The van der Waals surface area contributed by atoms with Crippen LogP contribution in [0.15, 0.2) is 60.9 Å². The topological polar surface area (TPSA) is 68.1 Å². The molecule has 0 saturated heterocycles. The molecule has 1 heterocycles.